The highest BCUT2D eigenvalue weighted by Crippen LogP contribution is 2.27. The van der Waals surface area contributed by atoms with E-state index in [9.17, 15) is 9.59 Å². The molecule has 0 aliphatic rings. The van der Waals surface area contributed by atoms with Crippen LogP contribution < -0.4 is 10.6 Å². The SMILES string of the molecule is C=CCn1c(SCC(=O)NCc2ccccc2)nnc1[C@H](CC(C)C)NC(=O)c1ccc(Cl)cc1Cl. The van der Waals surface area contributed by atoms with Crippen molar-refractivity contribution in [3.8, 4) is 0 Å². The highest BCUT2D eigenvalue weighted by Gasteiger charge is 2.25. The van der Waals surface area contributed by atoms with E-state index in [1.165, 1.54) is 17.8 Å². The molecule has 7 nitrogen and oxygen atoms in total. The Morgan fingerprint density at radius 3 is 2.56 bits per heavy atom. The topological polar surface area (TPSA) is 88.9 Å². The second-order valence-electron chi connectivity index (χ2n) is 8.57. The second kappa shape index (κ2) is 13.5. The predicted octanol–water partition coefficient (Wildman–Crippen LogP) is 5.70. The molecule has 0 saturated carbocycles. The average Bonchev–Trinajstić information content (AvgIpc) is 3.24. The minimum atomic E-state index is -0.419. The summed E-state index contributed by atoms with van der Waals surface area (Å²) in [6.45, 7) is 8.86. The number of hydrogen-bond donors (Lipinski definition) is 2. The van der Waals surface area contributed by atoms with Crippen LogP contribution in [0.2, 0.25) is 10.0 Å². The lowest BCUT2D eigenvalue weighted by Gasteiger charge is -2.21. The van der Waals surface area contributed by atoms with Gasteiger partial charge in [0.15, 0.2) is 11.0 Å². The number of carbonyl (C=O) groups excluding carboxylic acids is 2. The van der Waals surface area contributed by atoms with Crippen molar-refractivity contribution < 1.29 is 9.59 Å². The maximum atomic E-state index is 13.0. The lowest BCUT2D eigenvalue weighted by molar-refractivity contribution is -0.118. The van der Waals surface area contributed by atoms with E-state index in [-0.39, 0.29) is 28.5 Å². The van der Waals surface area contributed by atoms with E-state index in [0.717, 1.165) is 5.56 Å². The number of hydrogen-bond acceptors (Lipinski definition) is 5. The highest BCUT2D eigenvalue weighted by molar-refractivity contribution is 7.99. The van der Waals surface area contributed by atoms with Crippen LogP contribution in [0.25, 0.3) is 0 Å². The number of thioether (sulfide) groups is 1. The largest absolute Gasteiger partial charge is 0.351 e. The van der Waals surface area contributed by atoms with E-state index in [0.29, 0.717) is 41.1 Å². The van der Waals surface area contributed by atoms with Gasteiger partial charge in [0.1, 0.15) is 0 Å². The van der Waals surface area contributed by atoms with Crippen LogP contribution in [0.3, 0.4) is 0 Å². The molecule has 1 heterocycles. The van der Waals surface area contributed by atoms with Gasteiger partial charge in [0.25, 0.3) is 5.91 Å². The molecule has 0 spiro atoms. The standard InChI is InChI=1S/C26H29Cl2N5O2S/c1-4-12-33-24(22(13-17(2)3)30-25(35)20-11-10-19(27)14-21(20)28)31-32-26(33)36-16-23(34)29-15-18-8-6-5-7-9-18/h4-11,14,17,22H,1,12-13,15-16H2,2-3H3,(H,29,34)(H,30,35)/t22-/m0/s1. The summed E-state index contributed by atoms with van der Waals surface area (Å²) < 4.78 is 1.87. The number of amides is 2. The lowest BCUT2D eigenvalue weighted by atomic mass is 10.0. The molecule has 0 unspecified atom stereocenters. The molecule has 36 heavy (non-hydrogen) atoms. The van der Waals surface area contributed by atoms with E-state index >= 15 is 0 Å². The first-order valence-corrected chi connectivity index (χ1v) is 13.3. The summed E-state index contributed by atoms with van der Waals surface area (Å²) in [7, 11) is 0. The van der Waals surface area contributed by atoms with E-state index < -0.39 is 6.04 Å². The van der Waals surface area contributed by atoms with Crippen molar-refractivity contribution in [2.24, 2.45) is 5.92 Å². The first kappa shape index (κ1) is 27.8. The van der Waals surface area contributed by atoms with Crippen molar-refractivity contribution in [1.29, 1.82) is 0 Å². The third-order valence-electron chi connectivity index (χ3n) is 5.22. The van der Waals surface area contributed by atoms with Crippen LogP contribution in [-0.4, -0.2) is 32.3 Å². The molecule has 3 aromatic rings. The minimum absolute atomic E-state index is 0.108. The lowest BCUT2D eigenvalue weighted by Crippen LogP contribution is -2.32. The van der Waals surface area contributed by atoms with Crippen LogP contribution >= 0.6 is 35.0 Å². The maximum absolute atomic E-state index is 13.0. The number of aromatic nitrogens is 3. The molecular formula is C26H29Cl2N5O2S. The number of carbonyl (C=O) groups is 2. The van der Waals surface area contributed by atoms with Gasteiger partial charge in [-0.3, -0.25) is 9.59 Å². The number of benzene rings is 2. The normalized spacial score (nSPS) is 11.8. The number of rotatable bonds is 12. The molecule has 0 bridgehead atoms. The van der Waals surface area contributed by atoms with Crippen LogP contribution in [0, 0.1) is 5.92 Å². The Morgan fingerprint density at radius 2 is 1.89 bits per heavy atom. The molecule has 0 radical (unpaired) electrons. The summed E-state index contributed by atoms with van der Waals surface area (Å²) in [4.78, 5) is 25.5. The van der Waals surface area contributed by atoms with E-state index in [1.54, 1.807) is 18.2 Å². The van der Waals surface area contributed by atoms with E-state index in [1.807, 2.05) is 34.9 Å². The molecule has 0 fully saturated rings. The fourth-order valence-corrected chi connectivity index (χ4v) is 4.83. The first-order valence-electron chi connectivity index (χ1n) is 11.5. The average molecular weight is 547 g/mol. The number of nitrogens with one attached hydrogen (secondary N) is 2. The number of allylic oxidation sites excluding steroid dienone is 1. The summed E-state index contributed by atoms with van der Waals surface area (Å²) in [6, 6.07) is 14.1. The zero-order valence-electron chi connectivity index (χ0n) is 20.2. The Morgan fingerprint density at radius 1 is 1.14 bits per heavy atom. The zero-order valence-corrected chi connectivity index (χ0v) is 22.5. The fraction of sp³-hybridized carbons (Fsp3) is 0.308. The third-order valence-corrected chi connectivity index (χ3v) is 6.74. The van der Waals surface area contributed by atoms with Gasteiger partial charge < -0.3 is 15.2 Å². The van der Waals surface area contributed by atoms with Gasteiger partial charge in [0.05, 0.1) is 22.4 Å². The van der Waals surface area contributed by atoms with Crippen LogP contribution in [0.5, 0.6) is 0 Å². The molecule has 3 rings (SSSR count). The maximum Gasteiger partial charge on any atom is 0.253 e. The van der Waals surface area contributed by atoms with Gasteiger partial charge in [0.2, 0.25) is 5.91 Å². The Hall–Kier alpha value is -2.81. The Bertz CT molecular complexity index is 1200. The predicted molar refractivity (Wildman–Crippen MR) is 145 cm³/mol. The van der Waals surface area contributed by atoms with Crippen molar-refractivity contribution in [2.45, 2.75) is 44.6 Å². The van der Waals surface area contributed by atoms with Crippen LogP contribution in [0.1, 0.15) is 48.1 Å². The molecular weight excluding hydrogens is 517 g/mol. The summed E-state index contributed by atoms with van der Waals surface area (Å²) in [5, 5.41) is 16.0. The van der Waals surface area contributed by atoms with Gasteiger partial charge >= 0.3 is 0 Å². The number of halogens is 2. The molecule has 190 valence electrons. The fourth-order valence-electron chi connectivity index (χ4n) is 3.55. The number of nitrogens with zero attached hydrogens (tertiary/aromatic N) is 3. The Kier molecular flexibility index (Phi) is 10.4. The van der Waals surface area contributed by atoms with Gasteiger partial charge in [-0.15, -0.1) is 16.8 Å². The third kappa shape index (κ3) is 7.85. The first-order chi connectivity index (χ1) is 17.3. The summed E-state index contributed by atoms with van der Waals surface area (Å²) in [5.74, 6) is 0.607. The van der Waals surface area contributed by atoms with Crippen molar-refractivity contribution in [2.75, 3.05) is 5.75 Å². The molecule has 2 aromatic carbocycles. The second-order valence-corrected chi connectivity index (χ2v) is 10.4. The van der Waals surface area contributed by atoms with E-state index in [4.69, 9.17) is 23.2 Å². The zero-order chi connectivity index (χ0) is 26.1. The van der Waals surface area contributed by atoms with Crippen molar-refractivity contribution in [1.82, 2.24) is 25.4 Å². The molecule has 2 amide bonds. The van der Waals surface area contributed by atoms with Crippen LogP contribution in [0.4, 0.5) is 0 Å². The van der Waals surface area contributed by atoms with Gasteiger partial charge in [-0.1, -0.05) is 85.2 Å². The molecule has 1 atom stereocenters. The summed E-state index contributed by atoms with van der Waals surface area (Å²) >= 11 is 13.5. The summed E-state index contributed by atoms with van der Waals surface area (Å²) in [5.41, 5.74) is 1.36. The molecule has 10 heteroatoms. The van der Waals surface area contributed by atoms with Crippen LogP contribution in [0.15, 0.2) is 66.3 Å². The van der Waals surface area contributed by atoms with Gasteiger partial charge in [-0.05, 0) is 36.1 Å². The molecule has 2 N–H and O–H groups in total. The van der Waals surface area contributed by atoms with E-state index in [2.05, 4.69) is 41.3 Å². The van der Waals surface area contributed by atoms with Crippen molar-refractivity contribution in [3.05, 3.63) is 88.2 Å². The molecule has 0 aliphatic heterocycles. The summed E-state index contributed by atoms with van der Waals surface area (Å²) in [6.07, 6.45) is 2.37. The van der Waals surface area contributed by atoms with Crippen LogP contribution in [-0.2, 0) is 17.9 Å². The van der Waals surface area contributed by atoms with Gasteiger partial charge in [-0.2, -0.15) is 0 Å². The Balaban J connectivity index is 1.74. The molecule has 0 aliphatic carbocycles. The van der Waals surface area contributed by atoms with Gasteiger partial charge in [-0.25, -0.2) is 0 Å². The van der Waals surface area contributed by atoms with Crippen molar-refractivity contribution in [3.63, 3.8) is 0 Å². The smallest absolute Gasteiger partial charge is 0.253 e. The molecule has 0 saturated heterocycles. The highest BCUT2D eigenvalue weighted by atomic mass is 35.5. The quantitative estimate of drug-likeness (QED) is 0.225. The Labute approximate surface area is 225 Å². The van der Waals surface area contributed by atoms with Gasteiger partial charge in [0, 0.05) is 18.1 Å². The minimum Gasteiger partial charge on any atom is -0.351 e. The van der Waals surface area contributed by atoms with Crippen molar-refractivity contribution >= 4 is 46.8 Å². The monoisotopic (exact) mass is 545 g/mol. The molecule has 1 aromatic heterocycles.